The summed E-state index contributed by atoms with van der Waals surface area (Å²) in [6.07, 6.45) is 3.21. The van der Waals surface area contributed by atoms with Crippen LogP contribution >= 0.6 is 0 Å². The Labute approximate surface area is 201 Å². The highest BCUT2D eigenvalue weighted by Crippen LogP contribution is 2.69. The highest BCUT2D eigenvalue weighted by Gasteiger charge is 2.63. The number of hydrogen-bond donors (Lipinski definition) is 3. The lowest BCUT2D eigenvalue weighted by Crippen LogP contribution is -2.54. The molecule has 1 aromatic carbocycles. The number of phenols is 1. The number of unbranched alkanes of at least 4 members (excludes halogenated alkanes) is 3. The first-order valence-electron chi connectivity index (χ1n) is 12.9. The Balaban J connectivity index is 1.51. The summed E-state index contributed by atoms with van der Waals surface area (Å²) < 4.78 is 37.6. The number of rotatable bonds is 8. The number of phenolic OH excluding ortho intramolecular Hbond substituents is 1. The maximum absolute atomic E-state index is 12.5. The third-order valence-electron chi connectivity index (χ3n) is 9.54. The van der Waals surface area contributed by atoms with Crippen molar-refractivity contribution in [2.45, 2.75) is 102 Å². The predicted molar refractivity (Wildman–Crippen MR) is 127 cm³/mol. The molecule has 1 aromatic rings. The molecule has 34 heavy (non-hydrogen) atoms. The zero-order valence-electron chi connectivity index (χ0n) is 20.2. The van der Waals surface area contributed by atoms with Crippen LogP contribution in [0.3, 0.4) is 0 Å². The van der Waals surface area contributed by atoms with Crippen LogP contribution in [0.2, 0.25) is 0 Å². The van der Waals surface area contributed by atoms with Crippen LogP contribution in [-0.4, -0.2) is 33.7 Å². The third kappa shape index (κ3) is 4.41. The first kappa shape index (κ1) is 25.6. The Hall–Kier alpha value is -1.53. The largest absolute Gasteiger partial charge is 0.508 e. The number of aliphatic hydroxyl groups is 2. The van der Waals surface area contributed by atoms with Gasteiger partial charge in [-0.3, -0.25) is 0 Å². The van der Waals surface area contributed by atoms with Gasteiger partial charge in [0, 0.05) is 0 Å². The quantitative estimate of drug-likeness (QED) is 0.288. The summed E-state index contributed by atoms with van der Waals surface area (Å²) in [5, 5.41) is 30.3. The first-order chi connectivity index (χ1) is 16.0. The van der Waals surface area contributed by atoms with Gasteiger partial charge < -0.3 is 15.3 Å². The highest BCUT2D eigenvalue weighted by molar-refractivity contribution is 5.43. The van der Waals surface area contributed by atoms with Crippen LogP contribution in [0.5, 0.6) is 5.75 Å². The van der Waals surface area contributed by atoms with Gasteiger partial charge in [-0.15, -0.1) is 6.58 Å². The van der Waals surface area contributed by atoms with Crippen LogP contribution < -0.4 is 0 Å². The van der Waals surface area contributed by atoms with E-state index in [1.165, 1.54) is 11.1 Å². The number of fused-ring (bicyclic) bond motifs is 5. The number of aromatic hydroxyl groups is 1. The zero-order valence-corrected chi connectivity index (χ0v) is 20.2. The fourth-order valence-electron chi connectivity index (χ4n) is 7.95. The highest BCUT2D eigenvalue weighted by atomic mass is 19.4. The Bertz CT molecular complexity index is 884. The maximum atomic E-state index is 12.5. The minimum Gasteiger partial charge on any atom is -0.508 e. The molecule has 0 aliphatic heterocycles. The maximum Gasteiger partial charge on any atom is 0.414 e. The topological polar surface area (TPSA) is 60.7 Å². The minimum atomic E-state index is -4.53. The molecule has 0 bridgehead atoms. The van der Waals surface area contributed by atoms with Gasteiger partial charge in [0.1, 0.15) is 11.9 Å². The van der Waals surface area contributed by atoms with E-state index in [-0.39, 0.29) is 29.3 Å². The number of allylic oxidation sites excluding steroid dienone is 1. The van der Waals surface area contributed by atoms with Crippen molar-refractivity contribution < 1.29 is 28.5 Å². The predicted octanol–water partition coefficient (Wildman–Crippen LogP) is 6.66. The molecule has 2 saturated carbocycles. The van der Waals surface area contributed by atoms with E-state index in [0.717, 1.165) is 51.4 Å². The van der Waals surface area contributed by atoms with Gasteiger partial charge in [0.2, 0.25) is 0 Å². The standard InChI is InChI=1S/C28H39F3O3/c1-3-27-15-14-18-16-20(32)10-11-21(18)25(27)19(17-26(2)22(27)12-13-23(26)33)8-6-4-5-7-9-24(34)28(29,30)31/h3,10-11,16,19,22-25,32-34H,1,4-9,12-15,17H2,2H3/t19-,22+,23-,24-,25+,26-,27?/m0/s1. The molecule has 1 unspecified atom stereocenters. The molecule has 0 saturated heterocycles. The van der Waals surface area contributed by atoms with Gasteiger partial charge in [0.25, 0.3) is 0 Å². The molecule has 3 nitrogen and oxygen atoms in total. The smallest absolute Gasteiger partial charge is 0.414 e. The lowest BCUT2D eigenvalue weighted by molar-refractivity contribution is -0.205. The summed E-state index contributed by atoms with van der Waals surface area (Å²) in [6.45, 7) is 6.56. The number of aryl methyl sites for hydroxylation is 1. The fraction of sp³-hybridized carbons (Fsp3) is 0.714. The van der Waals surface area contributed by atoms with E-state index >= 15 is 0 Å². The summed E-state index contributed by atoms with van der Waals surface area (Å²) in [7, 11) is 0. The number of hydrogen-bond acceptors (Lipinski definition) is 3. The van der Waals surface area contributed by atoms with Gasteiger partial charge >= 0.3 is 6.18 Å². The molecule has 2 fully saturated rings. The van der Waals surface area contributed by atoms with Crippen LogP contribution in [0.4, 0.5) is 13.2 Å². The molecule has 3 N–H and O–H groups in total. The lowest BCUT2D eigenvalue weighted by atomic mass is 9.44. The second-order valence-corrected chi connectivity index (χ2v) is 11.3. The normalized spacial score (nSPS) is 35.8. The molecule has 3 aliphatic rings. The van der Waals surface area contributed by atoms with Crippen molar-refractivity contribution in [2.75, 3.05) is 0 Å². The van der Waals surface area contributed by atoms with Crippen molar-refractivity contribution in [2.24, 2.45) is 22.7 Å². The summed E-state index contributed by atoms with van der Waals surface area (Å²) in [6, 6.07) is 5.74. The molecule has 0 spiro atoms. The number of halogens is 3. The van der Waals surface area contributed by atoms with E-state index in [1.807, 2.05) is 6.07 Å². The zero-order chi connectivity index (χ0) is 24.7. The van der Waals surface area contributed by atoms with E-state index in [9.17, 15) is 28.5 Å². The second kappa shape index (κ2) is 9.50. The molecular weight excluding hydrogens is 441 g/mol. The van der Waals surface area contributed by atoms with Crippen LogP contribution in [0.1, 0.15) is 88.2 Å². The van der Waals surface area contributed by atoms with Gasteiger partial charge in [-0.2, -0.15) is 13.2 Å². The molecule has 0 aromatic heterocycles. The monoisotopic (exact) mass is 480 g/mol. The molecule has 0 radical (unpaired) electrons. The SMILES string of the molecule is C=CC12CCc3cc(O)ccc3[C@H]1[C@@H](CCCCCC[C@H](O)C(F)(F)F)C[C@]1(C)[C@@H](O)CC[C@@H]21. The Morgan fingerprint density at radius 3 is 2.62 bits per heavy atom. The first-order valence-corrected chi connectivity index (χ1v) is 12.9. The van der Waals surface area contributed by atoms with E-state index in [4.69, 9.17) is 0 Å². The Kier molecular flexibility index (Phi) is 7.14. The minimum absolute atomic E-state index is 0.0874. The van der Waals surface area contributed by atoms with E-state index in [2.05, 4.69) is 25.6 Å². The second-order valence-electron chi connectivity index (χ2n) is 11.3. The molecule has 0 amide bonds. The van der Waals surface area contributed by atoms with E-state index in [0.29, 0.717) is 30.4 Å². The molecule has 3 aliphatic carbocycles. The van der Waals surface area contributed by atoms with Crippen LogP contribution in [0.15, 0.2) is 30.9 Å². The van der Waals surface area contributed by atoms with Gasteiger partial charge in [-0.1, -0.05) is 44.7 Å². The fourth-order valence-corrected chi connectivity index (χ4v) is 7.95. The van der Waals surface area contributed by atoms with Gasteiger partial charge in [0.05, 0.1) is 6.10 Å². The van der Waals surface area contributed by atoms with E-state index in [1.54, 1.807) is 6.07 Å². The Morgan fingerprint density at radius 2 is 1.91 bits per heavy atom. The number of aliphatic hydroxyl groups excluding tert-OH is 2. The van der Waals surface area contributed by atoms with Crippen LogP contribution in [0.25, 0.3) is 0 Å². The van der Waals surface area contributed by atoms with Crippen molar-refractivity contribution in [3.8, 4) is 5.75 Å². The summed E-state index contributed by atoms with van der Waals surface area (Å²) in [5.41, 5.74) is 2.26. The third-order valence-corrected chi connectivity index (χ3v) is 9.54. The van der Waals surface area contributed by atoms with Gasteiger partial charge in [-0.25, -0.2) is 0 Å². The molecular formula is C28H39F3O3. The van der Waals surface area contributed by atoms with Crippen molar-refractivity contribution >= 4 is 0 Å². The van der Waals surface area contributed by atoms with Gasteiger partial charge in [0.15, 0.2) is 0 Å². The van der Waals surface area contributed by atoms with E-state index < -0.39 is 12.3 Å². The molecule has 7 atom stereocenters. The lowest BCUT2D eigenvalue weighted by Gasteiger charge is -2.60. The van der Waals surface area contributed by atoms with Crippen LogP contribution in [-0.2, 0) is 6.42 Å². The van der Waals surface area contributed by atoms with Crippen molar-refractivity contribution in [1.29, 1.82) is 0 Å². The van der Waals surface area contributed by atoms with Crippen molar-refractivity contribution in [3.05, 3.63) is 42.0 Å². The van der Waals surface area contributed by atoms with Crippen LogP contribution in [0, 0.1) is 22.7 Å². The molecule has 0 heterocycles. The Morgan fingerprint density at radius 1 is 1.18 bits per heavy atom. The molecule has 4 rings (SSSR count). The molecule has 190 valence electrons. The average molecular weight is 481 g/mol. The number of benzene rings is 1. The number of alkyl halides is 3. The average Bonchev–Trinajstić information content (AvgIpc) is 3.09. The van der Waals surface area contributed by atoms with Crippen molar-refractivity contribution in [1.82, 2.24) is 0 Å². The van der Waals surface area contributed by atoms with Crippen molar-refractivity contribution in [3.63, 3.8) is 0 Å². The molecule has 6 heteroatoms. The summed E-state index contributed by atoms with van der Waals surface area (Å²) in [4.78, 5) is 0. The summed E-state index contributed by atoms with van der Waals surface area (Å²) >= 11 is 0. The van der Waals surface area contributed by atoms with Gasteiger partial charge in [-0.05, 0) is 96.8 Å². The summed E-state index contributed by atoms with van der Waals surface area (Å²) in [5.74, 6) is 1.29.